The lowest BCUT2D eigenvalue weighted by Crippen LogP contribution is -2.23. The second-order valence-electron chi connectivity index (χ2n) is 3.74. The number of carboxylic acid groups (broad SMARTS) is 1. The van der Waals surface area contributed by atoms with Crippen molar-refractivity contribution in [2.75, 3.05) is 0 Å². The molecular formula is C10H9BrN2O5S2. The molecule has 0 atom stereocenters. The maximum Gasteiger partial charge on any atom is 0.345 e. The zero-order valence-electron chi connectivity index (χ0n) is 10.1. The van der Waals surface area contributed by atoms with Crippen molar-refractivity contribution in [1.29, 1.82) is 0 Å². The van der Waals surface area contributed by atoms with E-state index in [9.17, 15) is 13.2 Å². The molecule has 0 fully saturated rings. The minimum absolute atomic E-state index is 0.0655. The van der Waals surface area contributed by atoms with Crippen molar-refractivity contribution >= 4 is 43.3 Å². The van der Waals surface area contributed by atoms with E-state index in [2.05, 4.69) is 25.6 Å². The predicted molar refractivity (Wildman–Crippen MR) is 74.2 cm³/mol. The van der Waals surface area contributed by atoms with E-state index in [4.69, 9.17) is 9.52 Å². The van der Waals surface area contributed by atoms with Crippen LogP contribution in [0.3, 0.4) is 0 Å². The average molecular weight is 381 g/mol. The summed E-state index contributed by atoms with van der Waals surface area (Å²) < 4.78 is 31.8. The largest absolute Gasteiger partial charge is 0.477 e. The quantitative estimate of drug-likeness (QED) is 0.820. The van der Waals surface area contributed by atoms with Crippen molar-refractivity contribution < 1.29 is 22.7 Å². The van der Waals surface area contributed by atoms with Gasteiger partial charge >= 0.3 is 5.97 Å². The Morgan fingerprint density at radius 2 is 2.30 bits per heavy atom. The predicted octanol–water partition coefficient (Wildman–Crippen LogP) is 1.98. The normalized spacial score (nSPS) is 11.7. The number of aromatic carboxylic acids is 1. The van der Waals surface area contributed by atoms with Crippen molar-refractivity contribution in [2.24, 2.45) is 0 Å². The summed E-state index contributed by atoms with van der Waals surface area (Å²) in [6.07, 6.45) is 1.48. The van der Waals surface area contributed by atoms with E-state index in [1.165, 1.54) is 6.20 Å². The highest BCUT2D eigenvalue weighted by Gasteiger charge is 2.23. The zero-order valence-corrected chi connectivity index (χ0v) is 13.3. The van der Waals surface area contributed by atoms with Gasteiger partial charge in [0.1, 0.15) is 15.5 Å². The number of oxazole rings is 1. The molecule has 0 radical (unpaired) electrons. The summed E-state index contributed by atoms with van der Waals surface area (Å²) in [6, 6.07) is 1.10. The number of hydrogen-bond donors (Lipinski definition) is 2. The van der Waals surface area contributed by atoms with Gasteiger partial charge in [-0.2, -0.15) is 0 Å². The molecule has 0 spiro atoms. The Hall–Kier alpha value is -1.23. The van der Waals surface area contributed by atoms with Gasteiger partial charge in [0.2, 0.25) is 15.9 Å². The Morgan fingerprint density at radius 3 is 2.80 bits per heavy atom. The fraction of sp³-hybridized carbons (Fsp3) is 0.200. The molecule has 0 bridgehead atoms. The Balaban J connectivity index is 2.20. The van der Waals surface area contributed by atoms with Crippen LogP contribution in [0.2, 0.25) is 0 Å². The van der Waals surface area contributed by atoms with Gasteiger partial charge in [-0.25, -0.2) is 22.9 Å². The van der Waals surface area contributed by atoms with E-state index in [-0.39, 0.29) is 26.0 Å². The molecule has 0 aromatic carbocycles. The van der Waals surface area contributed by atoms with E-state index >= 15 is 0 Å². The first-order valence-electron chi connectivity index (χ1n) is 5.23. The van der Waals surface area contributed by atoms with Crippen LogP contribution in [0, 0.1) is 6.92 Å². The van der Waals surface area contributed by atoms with Crippen LogP contribution in [0.5, 0.6) is 0 Å². The molecule has 0 aliphatic heterocycles. The number of thiophene rings is 1. The molecule has 2 aromatic rings. The number of aromatic nitrogens is 1. The molecule has 2 rings (SSSR count). The summed E-state index contributed by atoms with van der Waals surface area (Å²) in [5, 5.41) is 8.85. The monoisotopic (exact) mass is 380 g/mol. The maximum absolute atomic E-state index is 12.1. The van der Waals surface area contributed by atoms with Gasteiger partial charge in [-0.3, -0.25) is 0 Å². The smallest absolute Gasteiger partial charge is 0.345 e. The molecule has 0 amide bonds. The van der Waals surface area contributed by atoms with E-state index in [1.54, 1.807) is 6.92 Å². The number of sulfonamides is 1. The summed E-state index contributed by atoms with van der Waals surface area (Å²) in [5.41, 5.74) is 0. The molecule has 0 unspecified atom stereocenters. The van der Waals surface area contributed by atoms with E-state index in [0.717, 1.165) is 17.4 Å². The average Bonchev–Trinajstić information content (AvgIpc) is 2.93. The molecule has 0 saturated carbocycles. The maximum atomic E-state index is 12.1. The molecule has 10 heteroatoms. The minimum Gasteiger partial charge on any atom is -0.477 e. The topological polar surface area (TPSA) is 110 Å². The number of nitrogens with zero attached hydrogens (tertiary/aromatic N) is 1. The third kappa shape index (κ3) is 3.26. The molecule has 108 valence electrons. The standard InChI is InChI=1S/C10H9BrN2O5S2/c1-5-3-12-8(18-5)4-13-20(16,17)7-2-6(10(14)15)19-9(7)11/h2-3,13H,4H2,1H3,(H,14,15). The van der Waals surface area contributed by atoms with Gasteiger partial charge in [0.25, 0.3) is 0 Å². The Bertz CT molecular complexity index is 750. The number of aryl methyl sites for hydroxylation is 1. The lowest BCUT2D eigenvalue weighted by Gasteiger charge is -2.03. The Labute approximate surface area is 126 Å². The molecule has 0 aliphatic carbocycles. The highest BCUT2D eigenvalue weighted by molar-refractivity contribution is 9.11. The van der Waals surface area contributed by atoms with Crippen LogP contribution >= 0.6 is 27.3 Å². The van der Waals surface area contributed by atoms with E-state index in [1.807, 2.05) is 0 Å². The van der Waals surface area contributed by atoms with Crippen molar-refractivity contribution in [3.8, 4) is 0 Å². The van der Waals surface area contributed by atoms with Crippen LogP contribution in [-0.2, 0) is 16.6 Å². The summed E-state index contributed by atoms with van der Waals surface area (Å²) in [6.45, 7) is 1.58. The van der Waals surface area contributed by atoms with Gasteiger partial charge in [-0.1, -0.05) is 0 Å². The molecule has 20 heavy (non-hydrogen) atoms. The minimum atomic E-state index is -3.84. The first-order chi connectivity index (χ1) is 9.29. The van der Waals surface area contributed by atoms with Crippen LogP contribution in [-0.4, -0.2) is 24.5 Å². The van der Waals surface area contributed by atoms with Gasteiger partial charge in [-0.05, 0) is 28.9 Å². The third-order valence-corrected chi connectivity index (χ3v) is 5.88. The number of nitrogens with one attached hydrogen (secondary N) is 1. The highest BCUT2D eigenvalue weighted by atomic mass is 79.9. The van der Waals surface area contributed by atoms with Gasteiger partial charge in [0.15, 0.2) is 0 Å². The van der Waals surface area contributed by atoms with E-state index < -0.39 is 16.0 Å². The fourth-order valence-electron chi connectivity index (χ4n) is 1.36. The van der Waals surface area contributed by atoms with Crippen molar-refractivity contribution in [3.05, 3.63) is 32.6 Å². The van der Waals surface area contributed by atoms with Crippen LogP contribution in [0.4, 0.5) is 0 Å². The van der Waals surface area contributed by atoms with Crippen LogP contribution < -0.4 is 4.72 Å². The number of rotatable bonds is 5. The SMILES string of the molecule is Cc1cnc(CNS(=O)(=O)c2cc(C(=O)O)sc2Br)o1. The second-order valence-corrected chi connectivity index (χ2v) is 7.85. The molecular weight excluding hydrogens is 372 g/mol. The molecule has 2 aromatic heterocycles. The molecule has 0 saturated heterocycles. The summed E-state index contributed by atoms with van der Waals surface area (Å²) in [5.74, 6) is -0.375. The third-order valence-electron chi connectivity index (χ3n) is 2.24. The lowest BCUT2D eigenvalue weighted by molar-refractivity contribution is 0.0702. The number of hydrogen-bond acceptors (Lipinski definition) is 6. The zero-order chi connectivity index (χ0) is 14.9. The van der Waals surface area contributed by atoms with Gasteiger partial charge in [0.05, 0.1) is 16.5 Å². The van der Waals surface area contributed by atoms with Gasteiger partial charge in [0, 0.05) is 0 Å². The summed E-state index contributed by atoms with van der Waals surface area (Å²) in [7, 11) is -3.84. The molecule has 2 N–H and O–H groups in total. The molecule has 2 heterocycles. The Kier molecular flexibility index (Phi) is 4.28. The first-order valence-corrected chi connectivity index (χ1v) is 8.32. The number of carboxylic acids is 1. The summed E-state index contributed by atoms with van der Waals surface area (Å²) in [4.78, 5) is 14.5. The first kappa shape index (κ1) is 15.2. The van der Waals surface area contributed by atoms with Crippen LogP contribution in [0.1, 0.15) is 21.3 Å². The number of halogens is 1. The summed E-state index contributed by atoms with van der Waals surface area (Å²) >= 11 is 3.88. The van der Waals surface area contributed by atoms with Crippen LogP contribution in [0.15, 0.2) is 25.4 Å². The van der Waals surface area contributed by atoms with E-state index in [0.29, 0.717) is 5.76 Å². The fourth-order valence-corrected chi connectivity index (χ4v) is 4.73. The van der Waals surface area contributed by atoms with Crippen molar-refractivity contribution in [1.82, 2.24) is 9.71 Å². The van der Waals surface area contributed by atoms with Crippen LogP contribution in [0.25, 0.3) is 0 Å². The van der Waals surface area contributed by atoms with Gasteiger partial charge < -0.3 is 9.52 Å². The molecule has 7 nitrogen and oxygen atoms in total. The van der Waals surface area contributed by atoms with Crippen molar-refractivity contribution in [2.45, 2.75) is 18.4 Å². The molecule has 0 aliphatic rings. The highest BCUT2D eigenvalue weighted by Crippen LogP contribution is 2.31. The van der Waals surface area contributed by atoms with Gasteiger partial charge in [-0.15, -0.1) is 11.3 Å². The second kappa shape index (κ2) is 5.64. The number of carbonyl (C=O) groups is 1. The Morgan fingerprint density at radius 1 is 1.60 bits per heavy atom. The lowest BCUT2D eigenvalue weighted by atomic mass is 10.5. The van der Waals surface area contributed by atoms with Crippen molar-refractivity contribution in [3.63, 3.8) is 0 Å².